The van der Waals surface area contributed by atoms with Gasteiger partial charge in [0.15, 0.2) is 0 Å². The number of benzene rings is 1. The largest absolute Gasteiger partial charge is 0.479 e. The summed E-state index contributed by atoms with van der Waals surface area (Å²) in [4.78, 5) is 38.5. The molecule has 10 heteroatoms. The second kappa shape index (κ2) is 8.96. The van der Waals surface area contributed by atoms with Gasteiger partial charge in [0, 0.05) is 18.8 Å². The molecule has 6 fully saturated rings. The number of esters is 2. The first-order valence-electron chi connectivity index (χ1n) is 13.9. The van der Waals surface area contributed by atoms with E-state index in [-0.39, 0.29) is 19.0 Å². The van der Waals surface area contributed by atoms with E-state index in [0.717, 1.165) is 32.1 Å². The average molecular weight is 548 g/mol. The third-order valence-corrected chi connectivity index (χ3v) is 10.6. The van der Waals surface area contributed by atoms with Crippen LogP contribution in [0.4, 0.5) is 8.78 Å². The molecule has 8 nitrogen and oxygen atoms in total. The quantitative estimate of drug-likeness (QED) is 0.373. The lowest BCUT2D eigenvalue weighted by molar-refractivity contribution is -0.209. The van der Waals surface area contributed by atoms with Crippen molar-refractivity contribution in [3.63, 3.8) is 0 Å². The summed E-state index contributed by atoms with van der Waals surface area (Å²) in [6.45, 7) is 3.63. The predicted molar refractivity (Wildman–Crippen MR) is 132 cm³/mol. The molecule has 6 aliphatic carbocycles. The van der Waals surface area contributed by atoms with Crippen LogP contribution < -0.4 is 5.73 Å². The standard InChI is InChI=1S/C29H35F2NO7/c1-14-18-7-17-8-19(14)12-27(10-17,11-18)25(35)38-15(2)39-26(36)29(32)22(9-21-23(29)28(21,31)24(33)34)37-13-16-3-5-20(30)6-4-16/h3-6,14-15,17-19,21-23H,7-13,32H2,1-2H3,(H,33,34)/t14?,15-,17?,18?,19?,21-,22-,23+,27?,28-,29+/m1/s1. The van der Waals surface area contributed by atoms with Gasteiger partial charge < -0.3 is 25.1 Å². The Morgan fingerprint density at radius 2 is 1.67 bits per heavy atom. The summed E-state index contributed by atoms with van der Waals surface area (Å²) in [6.07, 6.45) is 2.18. The zero-order valence-corrected chi connectivity index (χ0v) is 22.1. The summed E-state index contributed by atoms with van der Waals surface area (Å²) in [5, 5.41) is 9.50. The molecule has 0 heterocycles. The number of carboxylic acids is 1. The van der Waals surface area contributed by atoms with Gasteiger partial charge in [0.2, 0.25) is 12.0 Å². The predicted octanol–water partition coefficient (Wildman–Crippen LogP) is 3.75. The number of rotatable bonds is 8. The molecule has 0 aliphatic heterocycles. The summed E-state index contributed by atoms with van der Waals surface area (Å²) in [5.74, 6) is -3.84. The van der Waals surface area contributed by atoms with Crippen molar-refractivity contribution < 1.29 is 42.5 Å². The first-order chi connectivity index (χ1) is 18.4. The highest BCUT2D eigenvalue weighted by Crippen LogP contribution is 2.67. The fourth-order valence-corrected chi connectivity index (χ4v) is 8.65. The minimum atomic E-state index is -2.67. The maximum atomic E-state index is 15.3. The number of fused-ring (bicyclic) bond motifs is 1. The van der Waals surface area contributed by atoms with Gasteiger partial charge in [-0.1, -0.05) is 19.1 Å². The molecular formula is C29H35F2NO7. The first kappa shape index (κ1) is 26.6. The van der Waals surface area contributed by atoms with Crippen LogP contribution in [0.1, 0.15) is 57.9 Å². The lowest BCUT2D eigenvalue weighted by Gasteiger charge is -2.58. The molecule has 39 heavy (non-hydrogen) atoms. The topological polar surface area (TPSA) is 125 Å². The number of alkyl halides is 1. The van der Waals surface area contributed by atoms with Gasteiger partial charge in [0.1, 0.15) is 11.4 Å². The lowest BCUT2D eigenvalue weighted by Crippen LogP contribution is -2.61. The van der Waals surface area contributed by atoms with Gasteiger partial charge in [-0.15, -0.1) is 0 Å². The van der Waals surface area contributed by atoms with Crippen molar-refractivity contribution in [2.45, 2.75) is 82.6 Å². The molecule has 0 radical (unpaired) electrons. The van der Waals surface area contributed by atoms with Crippen molar-refractivity contribution in [2.24, 2.45) is 46.7 Å². The van der Waals surface area contributed by atoms with E-state index in [0.29, 0.717) is 29.2 Å². The van der Waals surface area contributed by atoms with E-state index >= 15 is 4.39 Å². The van der Waals surface area contributed by atoms with Crippen molar-refractivity contribution in [3.05, 3.63) is 35.6 Å². The Labute approximate surface area is 225 Å². The lowest BCUT2D eigenvalue weighted by atomic mass is 9.46. The molecule has 0 aromatic heterocycles. The molecule has 2 unspecified atom stereocenters. The summed E-state index contributed by atoms with van der Waals surface area (Å²) in [5.41, 5.74) is 1.73. The maximum Gasteiger partial charge on any atom is 0.342 e. The van der Waals surface area contributed by atoms with Crippen LogP contribution in [0.15, 0.2) is 24.3 Å². The minimum Gasteiger partial charge on any atom is -0.479 e. The molecular weight excluding hydrogens is 512 g/mol. The van der Waals surface area contributed by atoms with Crippen molar-refractivity contribution >= 4 is 17.9 Å². The molecule has 3 N–H and O–H groups in total. The number of carbonyl (C=O) groups is 3. The molecule has 1 aromatic rings. The minimum absolute atomic E-state index is 0.0437. The van der Waals surface area contributed by atoms with E-state index in [4.69, 9.17) is 19.9 Å². The highest BCUT2D eigenvalue weighted by atomic mass is 19.1. The maximum absolute atomic E-state index is 15.3. The summed E-state index contributed by atoms with van der Waals surface area (Å²) in [7, 11) is 0. The van der Waals surface area contributed by atoms with Crippen LogP contribution in [0.25, 0.3) is 0 Å². The van der Waals surface area contributed by atoms with E-state index in [1.807, 2.05) is 0 Å². The smallest absolute Gasteiger partial charge is 0.342 e. The zero-order valence-electron chi connectivity index (χ0n) is 22.1. The van der Waals surface area contributed by atoms with Gasteiger partial charge in [-0.2, -0.15) is 0 Å². The Balaban J connectivity index is 1.14. The van der Waals surface area contributed by atoms with Gasteiger partial charge in [-0.25, -0.2) is 18.4 Å². The number of hydrogen-bond acceptors (Lipinski definition) is 7. The van der Waals surface area contributed by atoms with Crippen LogP contribution in [0.2, 0.25) is 0 Å². The summed E-state index contributed by atoms with van der Waals surface area (Å²) >= 11 is 0. The third kappa shape index (κ3) is 4.00. The molecule has 212 valence electrons. The molecule has 8 atom stereocenters. The fraction of sp³-hybridized carbons (Fsp3) is 0.690. The Bertz CT molecular complexity index is 1180. The van der Waals surface area contributed by atoms with Crippen LogP contribution >= 0.6 is 0 Å². The monoisotopic (exact) mass is 547 g/mol. The Hall–Kier alpha value is -2.59. The number of carboxylic acid groups (broad SMARTS) is 1. The SMILES string of the molecule is CC1C2CC3CC1CC(C(=O)O[C@@H](C)OC(=O)[C@@]1(N)[C@H]4[C@@H](C[C@H]1OCc1ccc(F)cc1)[C@]4(F)C(=O)O)(C3)C2. The first-order valence-corrected chi connectivity index (χ1v) is 13.9. The van der Waals surface area contributed by atoms with Gasteiger partial charge in [0.25, 0.3) is 0 Å². The zero-order chi connectivity index (χ0) is 27.9. The second-order valence-corrected chi connectivity index (χ2v) is 12.7. The van der Waals surface area contributed by atoms with Crippen LogP contribution in [-0.2, 0) is 35.2 Å². The summed E-state index contributed by atoms with van der Waals surface area (Å²) in [6, 6.07) is 5.52. The molecule has 6 saturated carbocycles. The number of hydrogen-bond donors (Lipinski definition) is 2. The van der Waals surface area contributed by atoms with Crippen molar-refractivity contribution in [1.29, 1.82) is 0 Å². The molecule has 0 saturated heterocycles. The highest BCUT2D eigenvalue weighted by Gasteiger charge is 2.85. The van der Waals surface area contributed by atoms with Crippen LogP contribution in [0, 0.1) is 46.7 Å². The van der Waals surface area contributed by atoms with Gasteiger partial charge in [-0.05, 0) is 79.9 Å². The van der Waals surface area contributed by atoms with Gasteiger partial charge >= 0.3 is 17.9 Å². The third-order valence-electron chi connectivity index (χ3n) is 10.6. The summed E-state index contributed by atoms with van der Waals surface area (Å²) < 4.78 is 45.5. The molecule has 7 rings (SSSR count). The molecule has 0 spiro atoms. The number of carbonyl (C=O) groups excluding carboxylic acids is 2. The van der Waals surface area contributed by atoms with E-state index < -0.39 is 58.6 Å². The average Bonchev–Trinajstić information content (AvgIpc) is 3.36. The van der Waals surface area contributed by atoms with E-state index in [2.05, 4.69) is 6.92 Å². The van der Waals surface area contributed by atoms with Crippen molar-refractivity contribution in [2.75, 3.05) is 0 Å². The van der Waals surface area contributed by atoms with Crippen molar-refractivity contribution in [3.8, 4) is 0 Å². The van der Waals surface area contributed by atoms with Gasteiger partial charge in [-0.3, -0.25) is 4.79 Å². The second-order valence-electron chi connectivity index (χ2n) is 12.7. The molecule has 6 aliphatic rings. The molecule has 4 bridgehead atoms. The van der Waals surface area contributed by atoms with Crippen LogP contribution in [0.3, 0.4) is 0 Å². The Morgan fingerprint density at radius 3 is 2.28 bits per heavy atom. The van der Waals surface area contributed by atoms with Gasteiger partial charge in [0.05, 0.1) is 18.1 Å². The fourth-order valence-electron chi connectivity index (χ4n) is 8.65. The highest BCUT2D eigenvalue weighted by molar-refractivity contribution is 5.91. The Morgan fingerprint density at radius 1 is 1.05 bits per heavy atom. The molecule has 0 amide bonds. The van der Waals surface area contributed by atoms with E-state index in [9.17, 15) is 23.9 Å². The number of nitrogens with two attached hydrogens (primary N) is 1. The van der Waals surface area contributed by atoms with E-state index in [1.165, 1.54) is 31.2 Å². The van der Waals surface area contributed by atoms with Crippen LogP contribution in [-0.4, -0.2) is 46.6 Å². The normalized spacial score (nSPS) is 44.0. The van der Waals surface area contributed by atoms with Crippen molar-refractivity contribution in [1.82, 2.24) is 0 Å². The number of halogens is 2. The Kier molecular flexibility index (Phi) is 6.12. The van der Waals surface area contributed by atoms with E-state index in [1.54, 1.807) is 0 Å². The number of aliphatic carboxylic acids is 1. The van der Waals surface area contributed by atoms with Crippen LogP contribution in [0.5, 0.6) is 0 Å². The number of ether oxygens (including phenoxy) is 3. The molecule has 1 aromatic carbocycles.